The molecule has 1 amide bonds. The molecule has 1 atom stereocenters. The van der Waals surface area contributed by atoms with Crippen LogP contribution < -0.4 is 4.90 Å². The zero-order valence-corrected chi connectivity index (χ0v) is 11.4. The number of hydrogen-bond acceptors (Lipinski definition) is 5. The van der Waals surface area contributed by atoms with Gasteiger partial charge in [-0.15, -0.1) is 0 Å². The van der Waals surface area contributed by atoms with Gasteiger partial charge in [-0.1, -0.05) is 11.8 Å². The van der Waals surface area contributed by atoms with Crippen molar-refractivity contribution in [2.24, 2.45) is 0 Å². The molecule has 1 aromatic rings. The molecule has 1 unspecified atom stereocenters. The van der Waals surface area contributed by atoms with E-state index in [9.17, 15) is 24.1 Å². The SMILES string of the molecule is CC(=O)SC1CC(=O)N(c2ccc([N+](=O)[O-])c(F)c2)C1. The first-order valence-electron chi connectivity index (χ1n) is 5.80. The number of nitro benzene ring substituents is 1. The van der Waals surface area contributed by atoms with Crippen LogP contribution in [0, 0.1) is 15.9 Å². The Balaban J connectivity index is 2.20. The van der Waals surface area contributed by atoms with Gasteiger partial charge in [0.25, 0.3) is 0 Å². The van der Waals surface area contributed by atoms with E-state index in [2.05, 4.69) is 0 Å². The average molecular weight is 298 g/mol. The lowest BCUT2D eigenvalue weighted by molar-refractivity contribution is -0.387. The van der Waals surface area contributed by atoms with Crippen LogP contribution in [0.2, 0.25) is 0 Å². The summed E-state index contributed by atoms with van der Waals surface area (Å²) in [6.07, 6.45) is 0.197. The topological polar surface area (TPSA) is 80.5 Å². The molecule has 2 rings (SSSR count). The highest BCUT2D eigenvalue weighted by Crippen LogP contribution is 2.30. The second kappa shape index (κ2) is 5.58. The van der Waals surface area contributed by atoms with Crippen LogP contribution in [0.15, 0.2) is 18.2 Å². The molecule has 1 aromatic carbocycles. The molecule has 8 heteroatoms. The fourth-order valence-corrected chi connectivity index (χ4v) is 2.97. The summed E-state index contributed by atoms with van der Waals surface area (Å²) in [5.41, 5.74) is -0.361. The third-order valence-corrected chi connectivity index (χ3v) is 3.84. The third kappa shape index (κ3) is 2.96. The molecule has 20 heavy (non-hydrogen) atoms. The van der Waals surface area contributed by atoms with Gasteiger partial charge in [-0.25, -0.2) is 0 Å². The lowest BCUT2D eigenvalue weighted by Crippen LogP contribution is -2.25. The monoisotopic (exact) mass is 298 g/mol. The van der Waals surface area contributed by atoms with Gasteiger partial charge in [0.15, 0.2) is 5.12 Å². The summed E-state index contributed by atoms with van der Waals surface area (Å²) in [5, 5.41) is 10.3. The van der Waals surface area contributed by atoms with Crippen LogP contribution in [0.1, 0.15) is 13.3 Å². The van der Waals surface area contributed by atoms with Gasteiger partial charge in [-0.3, -0.25) is 19.7 Å². The number of rotatable bonds is 3. The summed E-state index contributed by atoms with van der Waals surface area (Å²) in [6.45, 7) is 1.71. The van der Waals surface area contributed by atoms with E-state index in [1.165, 1.54) is 17.9 Å². The minimum absolute atomic E-state index is 0.0838. The first-order valence-corrected chi connectivity index (χ1v) is 6.68. The second-order valence-electron chi connectivity index (χ2n) is 4.33. The highest BCUT2D eigenvalue weighted by Gasteiger charge is 2.32. The number of carbonyl (C=O) groups excluding carboxylic acids is 2. The molecule has 0 aromatic heterocycles. The summed E-state index contributed by atoms with van der Waals surface area (Å²) in [5.74, 6) is -1.21. The number of nitro groups is 1. The fourth-order valence-electron chi connectivity index (χ4n) is 2.05. The Morgan fingerprint density at radius 3 is 2.80 bits per heavy atom. The summed E-state index contributed by atoms with van der Waals surface area (Å²) >= 11 is 1.07. The summed E-state index contributed by atoms with van der Waals surface area (Å²) < 4.78 is 13.5. The van der Waals surface area contributed by atoms with Crippen LogP contribution >= 0.6 is 11.8 Å². The van der Waals surface area contributed by atoms with E-state index in [1.54, 1.807) is 0 Å². The lowest BCUT2D eigenvalue weighted by Gasteiger charge is -2.16. The van der Waals surface area contributed by atoms with Crippen molar-refractivity contribution in [3.63, 3.8) is 0 Å². The van der Waals surface area contributed by atoms with Crippen LogP contribution in [0.5, 0.6) is 0 Å². The van der Waals surface area contributed by atoms with Crippen LogP contribution in [-0.2, 0) is 9.59 Å². The minimum Gasteiger partial charge on any atom is -0.311 e. The Bertz CT molecular complexity index is 593. The summed E-state index contributed by atoms with van der Waals surface area (Å²) in [6, 6.07) is 3.33. The molecule has 0 bridgehead atoms. The van der Waals surface area contributed by atoms with Crippen molar-refractivity contribution in [2.45, 2.75) is 18.6 Å². The van der Waals surface area contributed by atoms with E-state index in [1.807, 2.05) is 0 Å². The molecule has 1 fully saturated rings. The predicted octanol–water partition coefficient (Wildman–Crippen LogP) is 2.12. The number of hydrogen-bond donors (Lipinski definition) is 0. The molecule has 1 heterocycles. The molecule has 1 aliphatic heterocycles. The van der Waals surface area contributed by atoms with Crippen molar-refractivity contribution in [3.05, 3.63) is 34.1 Å². The second-order valence-corrected chi connectivity index (χ2v) is 5.81. The zero-order chi connectivity index (χ0) is 14.9. The largest absolute Gasteiger partial charge is 0.311 e. The van der Waals surface area contributed by atoms with Gasteiger partial charge >= 0.3 is 5.69 Å². The van der Waals surface area contributed by atoms with Gasteiger partial charge in [0.1, 0.15) is 0 Å². The molecule has 0 radical (unpaired) electrons. The third-order valence-electron chi connectivity index (χ3n) is 2.86. The fraction of sp³-hybridized carbons (Fsp3) is 0.333. The van der Waals surface area contributed by atoms with Crippen molar-refractivity contribution in [3.8, 4) is 0 Å². The minimum atomic E-state index is -0.983. The van der Waals surface area contributed by atoms with Crippen molar-refractivity contribution in [1.82, 2.24) is 0 Å². The highest BCUT2D eigenvalue weighted by atomic mass is 32.2. The van der Waals surface area contributed by atoms with Crippen molar-refractivity contribution in [1.29, 1.82) is 0 Å². The number of halogens is 1. The van der Waals surface area contributed by atoms with Crippen molar-refractivity contribution >= 4 is 34.2 Å². The van der Waals surface area contributed by atoms with E-state index in [4.69, 9.17) is 0 Å². The number of benzene rings is 1. The van der Waals surface area contributed by atoms with Crippen LogP contribution in [0.25, 0.3) is 0 Å². The number of amides is 1. The smallest absolute Gasteiger partial charge is 0.304 e. The Morgan fingerprint density at radius 2 is 2.25 bits per heavy atom. The standard InChI is InChI=1S/C12H11FN2O4S/c1-7(16)20-9-5-12(17)14(6-9)8-2-3-11(15(18)19)10(13)4-8/h2-4,9H,5-6H2,1H3. The Kier molecular flexibility index (Phi) is 4.03. The Morgan fingerprint density at radius 1 is 1.55 bits per heavy atom. The molecule has 0 N–H and O–H groups in total. The van der Waals surface area contributed by atoms with E-state index in [-0.39, 0.29) is 28.4 Å². The average Bonchev–Trinajstić information content (AvgIpc) is 2.68. The number of thioether (sulfide) groups is 1. The summed E-state index contributed by atoms with van der Waals surface area (Å²) in [7, 11) is 0. The maximum atomic E-state index is 13.5. The molecule has 0 spiro atoms. The maximum Gasteiger partial charge on any atom is 0.304 e. The van der Waals surface area contributed by atoms with Gasteiger partial charge in [-0.2, -0.15) is 4.39 Å². The number of nitrogens with zero attached hydrogens (tertiary/aromatic N) is 2. The van der Waals surface area contributed by atoms with Gasteiger partial charge in [0, 0.05) is 43.0 Å². The van der Waals surface area contributed by atoms with Gasteiger partial charge in [0.2, 0.25) is 11.7 Å². The molecular formula is C12H11FN2O4S. The van der Waals surface area contributed by atoms with Crippen molar-refractivity contribution in [2.75, 3.05) is 11.4 Å². The molecule has 0 aliphatic carbocycles. The van der Waals surface area contributed by atoms with Gasteiger partial charge in [-0.05, 0) is 6.07 Å². The Labute approximate surface area is 118 Å². The van der Waals surface area contributed by atoms with E-state index >= 15 is 0 Å². The maximum absolute atomic E-state index is 13.5. The Hall–Kier alpha value is -1.96. The predicted molar refractivity (Wildman–Crippen MR) is 72.1 cm³/mol. The zero-order valence-electron chi connectivity index (χ0n) is 10.5. The molecule has 1 aliphatic rings. The first kappa shape index (κ1) is 14.4. The van der Waals surface area contributed by atoms with Gasteiger partial charge < -0.3 is 4.90 Å². The summed E-state index contributed by atoms with van der Waals surface area (Å²) in [4.78, 5) is 33.9. The van der Waals surface area contributed by atoms with Crippen LogP contribution in [-0.4, -0.2) is 27.7 Å². The van der Waals surface area contributed by atoms with Crippen LogP contribution in [0.4, 0.5) is 15.8 Å². The lowest BCUT2D eigenvalue weighted by atomic mass is 10.2. The highest BCUT2D eigenvalue weighted by molar-refractivity contribution is 8.14. The quantitative estimate of drug-likeness (QED) is 0.630. The number of anilines is 1. The molecule has 106 valence electrons. The number of carbonyl (C=O) groups is 2. The van der Waals surface area contributed by atoms with Crippen molar-refractivity contribution < 1.29 is 18.9 Å². The van der Waals surface area contributed by atoms with E-state index < -0.39 is 16.4 Å². The molecule has 0 saturated carbocycles. The molecule has 6 nitrogen and oxygen atoms in total. The van der Waals surface area contributed by atoms with Gasteiger partial charge in [0.05, 0.1) is 4.92 Å². The molecular weight excluding hydrogens is 287 g/mol. The van der Waals surface area contributed by atoms with Crippen LogP contribution in [0.3, 0.4) is 0 Å². The normalized spacial score (nSPS) is 18.4. The van der Waals surface area contributed by atoms with E-state index in [0.717, 1.165) is 23.9 Å². The first-order chi connectivity index (χ1) is 9.38. The molecule has 1 saturated heterocycles. The van der Waals surface area contributed by atoms with E-state index in [0.29, 0.717) is 6.54 Å².